The first-order chi connectivity index (χ1) is 12.5. The summed E-state index contributed by atoms with van der Waals surface area (Å²) in [7, 11) is 0. The van der Waals surface area contributed by atoms with Gasteiger partial charge in [0.15, 0.2) is 0 Å². The molecule has 2 amide bonds. The molecular weight excluding hydrogens is 330 g/mol. The van der Waals surface area contributed by atoms with Gasteiger partial charge in [-0.1, -0.05) is 0 Å². The van der Waals surface area contributed by atoms with Gasteiger partial charge in [-0.05, 0) is 38.7 Å². The van der Waals surface area contributed by atoms with Crippen LogP contribution in [0.5, 0.6) is 5.75 Å². The van der Waals surface area contributed by atoms with Crippen molar-refractivity contribution < 1.29 is 14.3 Å². The zero-order valence-electron chi connectivity index (χ0n) is 15.8. The molecule has 0 aliphatic carbocycles. The fourth-order valence-electron chi connectivity index (χ4n) is 3.92. The summed E-state index contributed by atoms with van der Waals surface area (Å²) in [5, 5.41) is 0. The van der Waals surface area contributed by atoms with E-state index in [0.29, 0.717) is 25.6 Å². The molecule has 2 aliphatic heterocycles. The van der Waals surface area contributed by atoms with E-state index in [1.165, 1.54) is 0 Å². The van der Waals surface area contributed by atoms with E-state index in [4.69, 9.17) is 4.74 Å². The molecule has 6 nitrogen and oxygen atoms in total. The third kappa shape index (κ3) is 4.74. The van der Waals surface area contributed by atoms with E-state index < -0.39 is 0 Å². The number of likely N-dealkylation sites (tertiary alicyclic amines) is 2. The average Bonchev–Trinajstić information content (AvgIpc) is 2.66. The second-order valence-corrected chi connectivity index (χ2v) is 7.52. The lowest BCUT2D eigenvalue weighted by Crippen LogP contribution is -2.47. The van der Waals surface area contributed by atoms with E-state index in [0.717, 1.165) is 50.2 Å². The largest absolute Gasteiger partial charge is 0.493 e. The predicted octanol–water partition coefficient (Wildman–Crippen LogP) is 2.27. The summed E-state index contributed by atoms with van der Waals surface area (Å²) in [4.78, 5) is 32.3. The Bertz CT molecular complexity index is 641. The molecule has 1 atom stereocenters. The third-order valence-electron chi connectivity index (χ3n) is 5.47. The molecule has 1 aromatic rings. The van der Waals surface area contributed by atoms with Crippen LogP contribution >= 0.6 is 0 Å². The second-order valence-electron chi connectivity index (χ2n) is 7.52. The minimum Gasteiger partial charge on any atom is -0.493 e. The normalized spacial score (nSPS) is 21.5. The summed E-state index contributed by atoms with van der Waals surface area (Å²) in [6, 6.07) is 3.82. The number of ether oxygens (including phenoxy) is 1. The van der Waals surface area contributed by atoms with E-state index in [-0.39, 0.29) is 17.7 Å². The van der Waals surface area contributed by atoms with Gasteiger partial charge in [-0.25, -0.2) is 0 Å². The molecule has 26 heavy (non-hydrogen) atoms. The third-order valence-corrected chi connectivity index (χ3v) is 5.47. The van der Waals surface area contributed by atoms with Crippen molar-refractivity contribution in [2.45, 2.75) is 39.5 Å². The van der Waals surface area contributed by atoms with E-state index in [9.17, 15) is 9.59 Å². The molecule has 3 rings (SSSR count). The van der Waals surface area contributed by atoms with Crippen molar-refractivity contribution in [2.24, 2.45) is 11.8 Å². The number of aryl methyl sites for hydroxylation is 1. The van der Waals surface area contributed by atoms with Crippen LogP contribution in [0.3, 0.4) is 0 Å². The topological polar surface area (TPSA) is 62.7 Å². The van der Waals surface area contributed by atoms with Gasteiger partial charge in [0.05, 0.1) is 6.61 Å². The van der Waals surface area contributed by atoms with Gasteiger partial charge < -0.3 is 14.5 Å². The minimum atomic E-state index is 0.0631. The number of carbonyl (C=O) groups excluding carboxylic acids is 2. The maximum absolute atomic E-state index is 12.9. The Hall–Kier alpha value is -2.11. The van der Waals surface area contributed by atoms with Crippen LogP contribution in [0.1, 0.15) is 38.3 Å². The summed E-state index contributed by atoms with van der Waals surface area (Å²) in [5.74, 6) is 1.65. The number of pyridine rings is 1. The summed E-state index contributed by atoms with van der Waals surface area (Å²) in [6.45, 7) is 7.20. The first kappa shape index (κ1) is 18.7. The highest BCUT2D eigenvalue weighted by Crippen LogP contribution is 2.24. The molecule has 0 aromatic carbocycles. The Kier molecular flexibility index (Phi) is 6.12. The molecule has 0 bridgehead atoms. The highest BCUT2D eigenvalue weighted by atomic mass is 16.5. The zero-order chi connectivity index (χ0) is 18.5. The van der Waals surface area contributed by atoms with Crippen molar-refractivity contribution in [1.82, 2.24) is 14.8 Å². The highest BCUT2D eigenvalue weighted by Gasteiger charge is 2.32. The molecule has 2 aliphatic rings. The summed E-state index contributed by atoms with van der Waals surface area (Å²) >= 11 is 0. The van der Waals surface area contributed by atoms with Gasteiger partial charge >= 0.3 is 0 Å². The van der Waals surface area contributed by atoms with Crippen molar-refractivity contribution in [3.05, 3.63) is 24.0 Å². The number of piperidine rings is 2. The first-order valence-electron chi connectivity index (χ1n) is 9.62. The monoisotopic (exact) mass is 359 g/mol. The lowest BCUT2D eigenvalue weighted by molar-refractivity contribution is -0.141. The Morgan fingerprint density at radius 2 is 1.96 bits per heavy atom. The van der Waals surface area contributed by atoms with Gasteiger partial charge in [0.2, 0.25) is 11.8 Å². The van der Waals surface area contributed by atoms with Crippen LogP contribution < -0.4 is 4.74 Å². The molecule has 0 spiro atoms. The molecule has 2 saturated heterocycles. The fourth-order valence-corrected chi connectivity index (χ4v) is 3.92. The lowest BCUT2D eigenvalue weighted by atomic mass is 9.92. The average molecular weight is 359 g/mol. The maximum atomic E-state index is 12.9. The van der Waals surface area contributed by atoms with Crippen molar-refractivity contribution >= 4 is 11.8 Å². The number of hydrogen-bond donors (Lipinski definition) is 0. The molecule has 0 saturated carbocycles. The van der Waals surface area contributed by atoms with Crippen molar-refractivity contribution in [1.29, 1.82) is 0 Å². The Balaban J connectivity index is 1.48. The van der Waals surface area contributed by atoms with E-state index in [1.807, 2.05) is 28.9 Å². The number of nitrogens with zero attached hydrogens (tertiary/aromatic N) is 3. The molecule has 1 aromatic heterocycles. The van der Waals surface area contributed by atoms with Crippen LogP contribution in [0.25, 0.3) is 0 Å². The Morgan fingerprint density at radius 3 is 2.65 bits per heavy atom. The smallest absolute Gasteiger partial charge is 0.225 e. The molecule has 0 radical (unpaired) electrons. The summed E-state index contributed by atoms with van der Waals surface area (Å²) in [5.41, 5.74) is 0.944. The molecule has 3 heterocycles. The van der Waals surface area contributed by atoms with Gasteiger partial charge in [0, 0.05) is 62.9 Å². The van der Waals surface area contributed by atoms with Crippen molar-refractivity contribution in [3.63, 3.8) is 0 Å². The van der Waals surface area contributed by atoms with Crippen molar-refractivity contribution in [2.75, 3.05) is 32.8 Å². The highest BCUT2D eigenvalue weighted by molar-refractivity contribution is 5.79. The molecule has 142 valence electrons. The van der Waals surface area contributed by atoms with Gasteiger partial charge in [0.25, 0.3) is 0 Å². The number of amides is 2. The second kappa shape index (κ2) is 8.52. The quantitative estimate of drug-likeness (QED) is 0.827. The van der Waals surface area contributed by atoms with E-state index in [1.54, 1.807) is 13.1 Å². The first-order valence-corrected chi connectivity index (χ1v) is 9.62. The molecule has 6 heteroatoms. The number of hydrogen-bond acceptors (Lipinski definition) is 4. The van der Waals surface area contributed by atoms with E-state index in [2.05, 4.69) is 4.98 Å². The van der Waals surface area contributed by atoms with Crippen LogP contribution in [0.15, 0.2) is 18.3 Å². The minimum absolute atomic E-state index is 0.0631. The molecule has 0 N–H and O–H groups in total. The summed E-state index contributed by atoms with van der Waals surface area (Å²) in [6.07, 6.45) is 5.45. The predicted molar refractivity (Wildman–Crippen MR) is 98.8 cm³/mol. The van der Waals surface area contributed by atoms with Crippen LogP contribution in [-0.2, 0) is 9.59 Å². The van der Waals surface area contributed by atoms with Crippen LogP contribution in [0, 0.1) is 18.8 Å². The SMILES string of the molecule is CC(=O)N1CCC(C(=O)N2CCCC(COc3ccnc(C)c3)C2)CC1. The number of aromatic nitrogens is 1. The maximum Gasteiger partial charge on any atom is 0.225 e. The van der Waals surface area contributed by atoms with Gasteiger partial charge in [-0.3, -0.25) is 14.6 Å². The van der Waals surface area contributed by atoms with Gasteiger partial charge in [-0.2, -0.15) is 0 Å². The van der Waals surface area contributed by atoms with Crippen LogP contribution in [0.4, 0.5) is 0 Å². The van der Waals surface area contributed by atoms with Crippen LogP contribution in [0.2, 0.25) is 0 Å². The molecular formula is C20H29N3O3. The van der Waals surface area contributed by atoms with Crippen molar-refractivity contribution in [3.8, 4) is 5.75 Å². The lowest BCUT2D eigenvalue weighted by Gasteiger charge is -2.37. The Morgan fingerprint density at radius 1 is 1.19 bits per heavy atom. The molecule has 2 fully saturated rings. The molecule has 1 unspecified atom stereocenters. The summed E-state index contributed by atoms with van der Waals surface area (Å²) < 4.78 is 5.92. The fraction of sp³-hybridized carbons (Fsp3) is 0.650. The van der Waals surface area contributed by atoms with Gasteiger partial charge in [0.1, 0.15) is 5.75 Å². The number of carbonyl (C=O) groups is 2. The van der Waals surface area contributed by atoms with Gasteiger partial charge in [-0.15, -0.1) is 0 Å². The number of rotatable bonds is 4. The van der Waals surface area contributed by atoms with Crippen LogP contribution in [-0.4, -0.2) is 59.4 Å². The Labute approximate surface area is 155 Å². The van der Waals surface area contributed by atoms with E-state index >= 15 is 0 Å². The standard InChI is InChI=1S/C20H29N3O3/c1-15-12-19(5-8-21-15)26-14-17-4-3-9-23(13-17)20(25)18-6-10-22(11-7-18)16(2)24/h5,8,12,17-18H,3-4,6-7,9-11,13-14H2,1-2H3. The zero-order valence-corrected chi connectivity index (χ0v) is 15.8.